The lowest BCUT2D eigenvalue weighted by molar-refractivity contribution is -0.125. The number of hydrogen-bond donors (Lipinski definition) is 1. The van der Waals surface area contributed by atoms with Crippen molar-refractivity contribution in [1.29, 1.82) is 0 Å². The Morgan fingerprint density at radius 2 is 1.92 bits per heavy atom. The van der Waals surface area contributed by atoms with Crippen molar-refractivity contribution in [3.8, 4) is 0 Å². The molecule has 3 rings (SSSR count). The van der Waals surface area contributed by atoms with Crippen LogP contribution >= 0.6 is 23.2 Å². The zero-order valence-corrected chi connectivity index (χ0v) is 15.7. The van der Waals surface area contributed by atoms with Crippen LogP contribution in [0.25, 0.3) is 0 Å². The van der Waals surface area contributed by atoms with Gasteiger partial charge in [-0.3, -0.25) is 9.59 Å². The first-order chi connectivity index (χ1) is 11.8. The van der Waals surface area contributed by atoms with Gasteiger partial charge in [-0.15, -0.1) is 0 Å². The molecule has 2 atom stereocenters. The summed E-state index contributed by atoms with van der Waals surface area (Å²) in [5, 5.41) is 3.41. The van der Waals surface area contributed by atoms with Crippen LogP contribution in [0.5, 0.6) is 0 Å². The van der Waals surface area contributed by atoms with Gasteiger partial charge in [0, 0.05) is 18.2 Å². The summed E-state index contributed by atoms with van der Waals surface area (Å²) in [6.45, 7) is 0.472. The Morgan fingerprint density at radius 3 is 2.56 bits per heavy atom. The quantitative estimate of drug-likeness (QED) is 0.833. The van der Waals surface area contributed by atoms with Crippen LogP contribution in [0, 0.1) is 0 Å². The number of benzene rings is 1. The average Bonchev–Trinajstić information content (AvgIpc) is 3.16. The molecule has 136 valence electrons. The van der Waals surface area contributed by atoms with Gasteiger partial charge in [0.15, 0.2) is 9.84 Å². The van der Waals surface area contributed by atoms with Crippen LogP contribution in [-0.2, 0) is 14.6 Å². The third-order valence-corrected chi connectivity index (χ3v) is 7.07. The highest BCUT2D eigenvalue weighted by molar-refractivity contribution is 7.91. The SMILES string of the molecule is O=C(N[C@H]1CCS(=O)(=O)C1)[C@H]1CCCN1C(=O)c1ccc(Cl)c(Cl)c1. The van der Waals surface area contributed by atoms with E-state index >= 15 is 0 Å². The number of carbonyl (C=O) groups is 2. The van der Waals surface area contributed by atoms with Crippen molar-refractivity contribution in [3.63, 3.8) is 0 Å². The summed E-state index contributed by atoms with van der Waals surface area (Å²) in [7, 11) is -3.07. The van der Waals surface area contributed by atoms with E-state index < -0.39 is 15.9 Å². The predicted octanol–water partition coefficient (Wildman–Crippen LogP) is 1.90. The van der Waals surface area contributed by atoms with Crippen molar-refractivity contribution < 1.29 is 18.0 Å². The van der Waals surface area contributed by atoms with Crippen LogP contribution in [0.15, 0.2) is 18.2 Å². The number of nitrogens with one attached hydrogen (secondary N) is 1. The highest BCUT2D eigenvalue weighted by atomic mass is 35.5. The van der Waals surface area contributed by atoms with E-state index in [0.29, 0.717) is 36.4 Å². The number of amides is 2. The van der Waals surface area contributed by atoms with Gasteiger partial charge in [-0.1, -0.05) is 23.2 Å². The smallest absolute Gasteiger partial charge is 0.254 e. The van der Waals surface area contributed by atoms with E-state index in [9.17, 15) is 18.0 Å². The average molecular weight is 405 g/mol. The second-order valence-electron chi connectivity index (χ2n) is 6.39. The van der Waals surface area contributed by atoms with Crippen molar-refractivity contribution in [3.05, 3.63) is 33.8 Å². The molecule has 1 N–H and O–H groups in total. The number of rotatable bonds is 3. The van der Waals surface area contributed by atoms with E-state index in [1.165, 1.54) is 11.0 Å². The number of nitrogens with zero attached hydrogens (tertiary/aromatic N) is 1. The maximum Gasteiger partial charge on any atom is 0.254 e. The molecule has 0 unspecified atom stereocenters. The van der Waals surface area contributed by atoms with Crippen LogP contribution in [0.2, 0.25) is 10.0 Å². The molecule has 0 bridgehead atoms. The molecule has 6 nitrogen and oxygen atoms in total. The van der Waals surface area contributed by atoms with E-state index in [1.807, 2.05) is 0 Å². The Morgan fingerprint density at radius 1 is 1.16 bits per heavy atom. The van der Waals surface area contributed by atoms with Gasteiger partial charge in [0.05, 0.1) is 21.6 Å². The summed E-state index contributed by atoms with van der Waals surface area (Å²) in [6.07, 6.45) is 1.69. The highest BCUT2D eigenvalue weighted by Gasteiger charge is 2.37. The molecule has 1 aromatic rings. The van der Waals surface area contributed by atoms with Crippen LogP contribution in [-0.4, -0.2) is 55.3 Å². The molecule has 2 aliphatic heterocycles. The van der Waals surface area contributed by atoms with E-state index in [-0.39, 0.29) is 34.4 Å². The molecule has 1 aromatic carbocycles. The maximum absolute atomic E-state index is 12.7. The van der Waals surface area contributed by atoms with E-state index in [2.05, 4.69) is 5.32 Å². The molecular weight excluding hydrogens is 387 g/mol. The molecule has 0 spiro atoms. The zero-order valence-electron chi connectivity index (χ0n) is 13.4. The fraction of sp³-hybridized carbons (Fsp3) is 0.500. The van der Waals surface area contributed by atoms with Crippen molar-refractivity contribution in [1.82, 2.24) is 10.2 Å². The summed E-state index contributed by atoms with van der Waals surface area (Å²) in [4.78, 5) is 26.8. The summed E-state index contributed by atoms with van der Waals surface area (Å²) >= 11 is 11.8. The van der Waals surface area contributed by atoms with E-state index in [4.69, 9.17) is 23.2 Å². The summed E-state index contributed by atoms with van der Waals surface area (Å²) in [6, 6.07) is 3.65. The summed E-state index contributed by atoms with van der Waals surface area (Å²) in [5.74, 6) is -0.524. The van der Waals surface area contributed by atoms with Gasteiger partial charge in [-0.2, -0.15) is 0 Å². The van der Waals surface area contributed by atoms with Gasteiger partial charge in [0.2, 0.25) is 5.91 Å². The monoisotopic (exact) mass is 404 g/mol. The van der Waals surface area contributed by atoms with Crippen LogP contribution in [0.4, 0.5) is 0 Å². The third kappa shape index (κ3) is 4.10. The van der Waals surface area contributed by atoms with Crippen LogP contribution in [0.1, 0.15) is 29.6 Å². The first-order valence-electron chi connectivity index (χ1n) is 8.04. The molecule has 2 aliphatic rings. The molecule has 0 saturated carbocycles. The third-order valence-electron chi connectivity index (χ3n) is 4.56. The van der Waals surface area contributed by atoms with E-state index in [0.717, 1.165) is 0 Å². The first-order valence-corrected chi connectivity index (χ1v) is 10.6. The first kappa shape index (κ1) is 18.5. The summed E-state index contributed by atoms with van der Waals surface area (Å²) in [5.41, 5.74) is 0.373. The molecule has 0 radical (unpaired) electrons. The number of likely N-dealkylation sites (tertiary alicyclic amines) is 1. The van der Waals surface area contributed by atoms with Gasteiger partial charge in [-0.05, 0) is 37.5 Å². The van der Waals surface area contributed by atoms with Crippen molar-refractivity contribution in [2.45, 2.75) is 31.3 Å². The topological polar surface area (TPSA) is 83.6 Å². The second-order valence-corrected chi connectivity index (χ2v) is 9.44. The van der Waals surface area contributed by atoms with Gasteiger partial charge in [-0.25, -0.2) is 8.42 Å². The molecule has 0 aliphatic carbocycles. The zero-order chi connectivity index (χ0) is 18.2. The normalized spacial score (nSPS) is 25.1. The van der Waals surface area contributed by atoms with Gasteiger partial charge >= 0.3 is 0 Å². The maximum atomic E-state index is 12.7. The summed E-state index contributed by atoms with van der Waals surface area (Å²) < 4.78 is 23.0. The molecule has 9 heteroatoms. The minimum Gasteiger partial charge on any atom is -0.351 e. The lowest BCUT2D eigenvalue weighted by Crippen LogP contribution is -2.49. The second kappa shape index (κ2) is 7.13. The largest absolute Gasteiger partial charge is 0.351 e. The minimum absolute atomic E-state index is 0.0355. The number of hydrogen-bond acceptors (Lipinski definition) is 4. The Balaban J connectivity index is 1.70. The highest BCUT2D eigenvalue weighted by Crippen LogP contribution is 2.26. The Kier molecular flexibility index (Phi) is 5.27. The minimum atomic E-state index is -3.07. The Hall–Kier alpha value is -1.31. The van der Waals surface area contributed by atoms with Crippen molar-refractivity contribution in [2.75, 3.05) is 18.1 Å². The van der Waals surface area contributed by atoms with Crippen molar-refractivity contribution >= 4 is 44.9 Å². The van der Waals surface area contributed by atoms with Gasteiger partial charge in [0.25, 0.3) is 5.91 Å². The number of carbonyl (C=O) groups excluding carboxylic acids is 2. The van der Waals surface area contributed by atoms with Crippen LogP contribution in [0.3, 0.4) is 0 Å². The van der Waals surface area contributed by atoms with E-state index in [1.54, 1.807) is 12.1 Å². The molecular formula is C16H18Cl2N2O4S. The lowest BCUT2D eigenvalue weighted by atomic mass is 10.1. The molecule has 2 heterocycles. The number of sulfone groups is 1. The fourth-order valence-corrected chi connectivity index (χ4v) is 5.26. The fourth-order valence-electron chi connectivity index (χ4n) is 3.28. The molecule has 2 saturated heterocycles. The lowest BCUT2D eigenvalue weighted by Gasteiger charge is -2.25. The Bertz CT molecular complexity index is 812. The standard InChI is InChI=1S/C16H18Cl2N2O4S/c17-12-4-3-10(8-13(12)18)16(22)20-6-1-2-14(20)15(21)19-11-5-7-25(23,24)9-11/h3-4,8,11,14H,1-2,5-7,9H2,(H,19,21)/t11-,14+/m0/s1. The predicted molar refractivity (Wildman–Crippen MR) is 95.7 cm³/mol. The van der Waals surface area contributed by atoms with Crippen LogP contribution < -0.4 is 5.32 Å². The molecule has 0 aromatic heterocycles. The Labute approximate surface area is 156 Å². The molecule has 25 heavy (non-hydrogen) atoms. The molecule has 2 fully saturated rings. The van der Waals surface area contributed by atoms with Gasteiger partial charge < -0.3 is 10.2 Å². The van der Waals surface area contributed by atoms with Crippen molar-refractivity contribution in [2.24, 2.45) is 0 Å². The molecule has 2 amide bonds. The van der Waals surface area contributed by atoms with Gasteiger partial charge in [0.1, 0.15) is 6.04 Å². The number of halogens is 2.